The van der Waals surface area contributed by atoms with Gasteiger partial charge in [-0.05, 0) is 35.0 Å². The van der Waals surface area contributed by atoms with E-state index < -0.39 is 28.4 Å². The van der Waals surface area contributed by atoms with E-state index in [9.17, 15) is 17.6 Å². The van der Waals surface area contributed by atoms with E-state index >= 15 is 0 Å². The Balaban J connectivity index is 3.11. The van der Waals surface area contributed by atoms with Gasteiger partial charge < -0.3 is 10.5 Å². The molecule has 6 nitrogen and oxygen atoms in total. The Morgan fingerprint density at radius 1 is 1.50 bits per heavy atom. The molecule has 0 heterocycles. The number of nitrogens with two attached hydrogens (primary N) is 1. The maximum atomic E-state index is 13.2. The van der Waals surface area contributed by atoms with Gasteiger partial charge >= 0.3 is 5.97 Å². The molecule has 0 spiro atoms. The molecule has 1 rings (SSSR count). The van der Waals surface area contributed by atoms with Gasteiger partial charge in [-0.1, -0.05) is 0 Å². The zero-order valence-corrected chi connectivity index (χ0v) is 13.3. The van der Waals surface area contributed by atoms with Crippen LogP contribution in [0.3, 0.4) is 0 Å². The van der Waals surface area contributed by atoms with Gasteiger partial charge in [0, 0.05) is 7.05 Å². The number of hydrogen-bond donors (Lipinski definition) is 1. The van der Waals surface area contributed by atoms with Crippen LogP contribution in [0.2, 0.25) is 0 Å². The Bertz CT molecular complexity index is 621. The normalized spacial score (nSPS) is 11.7. The molecule has 0 radical (unpaired) electrons. The first-order chi connectivity index (χ1) is 9.20. The zero-order chi connectivity index (χ0) is 15.5. The monoisotopic (exact) mass is 368 g/mol. The Morgan fingerprint density at radius 2 is 2.10 bits per heavy atom. The molecule has 0 saturated carbocycles. The number of benzene rings is 1. The number of sulfonamides is 1. The average Bonchev–Trinajstić information content (AvgIpc) is 2.33. The van der Waals surface area contributed by atoms with Crippen molar-refractivity contribution in [2.75, 3.05) is 25.9 Å². The van der Waals surface area contributed by atoms with Crippen molar-refractivity contribution in [2.24, 2.45) is 0 Å². The van der Waals surface area contributed by atoms with Crippen molar-refractivity contribution in [3.63, 3.8) is 0 Å². The molecular formula is C11H14BrFN2O4S. The molecule has 20 heavy (non-hydrogen) atoms. The van der Waals surface area contributed by atoms with Crippen LogP contribution in [0, 0.1) is 5.82 Å². The first-order valence-electron chi connectivity index (χ1n) is 5.56. The Morgan fingerprint density at radius 3 is 2.65 bits per heavy atom. The van der Waals surface area contributed by atoms with E-state index in [1.807, 2.05) is 0 Å². The van der Waals surface area contributed by atoms with Gasteiger partial charge in [-0.25, -0.2) is 12.8 Å². The molecule has 0 aliphatic carbocycles. The summed E-state index contributed by atoms with van der Waals surface area (Å²) in [6.45, 7) is 1.31. The number of likely N-dealkylation sites (N-methyl/N-ethyl adjacent to an activating group) is 1. The smallest absolute Gasteiger partial charge is 0.321 e. The molecule has 1 aromatic rings. The second-order valence-corrected chi connectivity index (χ2v) is 6.74. The van der Waals surface area contributed by atoms with Crippen molar-refractivity contribution in [3.8, 4) is 0 Å². The summed E-state index contributed by atoms with van der Waals surface area (Å²) < 4.78 is 43.2. The number of hydrogen-bond acceptors (Lipinski definition) is 5. The standard InChI is InChI=1S/C11H14BrFN2O4S/c1-3-19-11(16)6-15(2)20(17,18)10-4-7(12)8(13)5-9(10)14/h4-5H,3,6,14H2,1-2H3. The number of esters is 1. The van der Waals surface area contributed by atoms with Crippen molar-refractivity contribution < 1.29 is 22.3 Å². The van der Waals surface area contributed by atoms with Gasteiger partial charge in [0.15, 0.2) is 0 Å². The van der Waals surface area contributed by atoms with Crippen LogP contribution in [-0.4, -0.2) is 38.9 Å². The molecule has 0 bridgehead atoms. The molecule has 0 aromatic heterocycles. The number of nitrogen functional groups attached to an aromatic ring is 1. The second kappa shape index (κ2) is 6.51. The summed E-state index contributed by atoms with van der Waals surface area (Å²) in [4.78, 5) is 11.0. The molecule has 112 valence electrons. The van der Waals surface area contributed by atoms with Gasteiger partial charge in [-0.3, -0.25) is 4.79 Å². The molecule has 2 N–H and O–H groups in total. The highest BCUT2D eigenvalue weighted by Gasteiger charge is 2.26. The molecule has 0 fully saturated rings. The first kappa shape index (κ1) is 16.9. The highest BCUT2D eigenvalue weighted by Crippen LogP contribution is 2.27. The molecule has 0 aliphatic heterocycles. The third-order valence-electron chi connectivity index (χ3n) is 2.40. The highest BCUT2D eigenvalue weighted by molar-refractivity contribution is 9.10. The van der Waals surface area contributed by atoms with Crippen LogP contribution in [-0.2, 0) is 19.6 Å². The summed E-state index contributed by atoms with van der Waals surface area (Å²) in [7, 11) is -2.80. The fourth-order valence-electron chi connectivity index (χ4n) is 1.41. The number of carbonyl (C=O) groups excluding carboxylic acids is 1. The van der Waals surface area contributed by atoms with Crippen molar-refractivity contribution in [1.29, 1.82) is 0 Å². The molecular weight excluding hydrogens is 355 g/mol. The van der Waals surface area contributed by atoms with Crippen LogP contribution < -0.4 is 5.73 Å². The quantitative estimate of drug-likeness (QED) is 0.625. The summed E-state index contributed by atoms with van der Waals surface area (Å²) in [6, 6.07) is 1.96. The van der Waals surface area contributed by atoms with E-state index in [4.69, 9.17) is 5.73 Å². The minimum absolute atomic E-state index is 0.0326. The van der Waals surface area contributed by atoms with Gasteiger partial charge in [0.1, 0.15) is 17.3 Å². The number of ether oxygens (including phenoxy) is 1. The lowest BCUT2D eigenvalue weighted by molar-refractivity contribution is -0.143. The number of nitrogens with zero attached hydrogens (tertiary/aromatic N) is 1. The summed E-state index contributed by atoms with van der Waals surface area (Å²) >= 11 is 2.89. The van der Waals surface area contributed by atoms with Crippen LogP contribution in [0.1, 0.15) is 6.92 Å². The van der Waals surface area contributed by atoms with E-state index in [1.54, 1.807) is 6.92 Å². The van der Waals surface area contributed by atoms with E-state index in [-0.39, 0.29) is 21.7 Å². The lowest BCUT2D eigenvalue weighted by atomic mass is 10.3. The van der Waals surface area contributed by atoms with E-state index in [1.165, 1.54) is 7.05 Å². The summed E-state index contributed by atoms with van der Waals surface area (Å²) in [5.74, 6) is -1.35. The fraction of sp³-hybridized carbons (Fsp3) is 0.364. The van der Waals surface area contributed by atoms with Crippen LogP contribution in [0.5, 0.6) is 0 Å². The summed E-state index contributed by atoms with van der Waals surface area (Å²) in [5, 5.41) is 0. The Labute approximate surface area is 124 Å². The molecule has 0 unspecified atom stereocenters. The van der Waals surface area contributed by atoms with Crippen molar-refractivity contribution in [3.05, 3.63) is 22.4 Å². The van der Waals surface area contributed by atoms with Crippen LogP contribution in [0.4, 0.5) is 10.1 Å². The molecule has 0 aliphatic rings. The minimum atomic E-state index is -4.01. The lowest BCUT2D eigenvalue weighted by Crippen LogP contribution is -2.33. The number of anilines is 1. The summed E-state index contributed by atoms with van der Waals surface area (Å²) in [6.07, 6.45) is 0. The summed E-state index contributed by atoms with van der Waals surface area (Å²) in [5.41, 5.74) is 5.29. The molecule has 1 aromatic carbocycles. The predicted octanol–water partition coefficient (Wildman–Crippen LogP) is 1.35. The van der Waals surface area contributed by atoms with Crippen LogP contribution in [0.25, 0.3) is 0 Å². The Hall–Kier alpha value is -1.19. The maximum Gasteiger partial charge on any atom is 0.321 e. The SMILES string of the molecule is CCOC(=O)CN(C)S(=O)(=O)c1cc(Br)c(F)cc1N. The van der Waals surface area contributed by atoms with E-state index in [0.717, 1.165) is 16.4 Å². The van der Waals surface area contributed by atoms with E-state index in [0.29, 0.717) is 0 Å². The van der Waals surface area contributed by atoms with Gasteiger partial charge in [0.2, 0.25) is 10.0 Å². The van der Waals surface area contributed by atoms with Crippen LogP contribution in [0.15, 0.2) is 21.5 Å². The van der Waals surface area contributed by atoms with Gasteiger partial charge in [-0.2, -0.15) is 4.31 Å². The third-order valence-corrected chi connectivity index (χ3v) is 4.86. The molecule has 0 atom stereocenters. The van der Waals surface area contributed by atoms with Gasteiger partial charge in [-0.15, -0.1) is 0 Å². The fourth-order valence-corrected chi connectivity index (χ4v) is 3.14. The highest BCUT2D eigenvalue weighted by atomic mass is 79.9. The number of carbonyl (C=O) groups is 1. The molecule has 0 amide bonds. The van der Waals surface area contributed by atoms with E-state index in [2.05, 4.69) is 20.7 Å². The predicted molar refractivity (Wildman–Crippen MR) is 75.0 cm³/mol. The molecule has 0 saturated heterocycles. The van der Waals surface area contributed by atoms with Gasteiger partial charge in [0.05, 0.1) is 16.8 Å². The second-order valence-electron chi connectivity index (χ2n) is 3.87. The zero-order valence-electron chi connectivity index (χ0n) is 10.9. The Kier molecular flexibility index (Phi) is 5.49. The van der Waals surface area contributed by atoms with Gasteiger partial charge in [0.25, 0.3) is 0 Å². The molecule has 9 heteroatoms. The van der Waals surface area contributed by atoms with Crippen molar-refractivity contribution >= 4 is 37.6 Å². The maximum absolute atomic E-state index is 13.2. The minimum Gasteiger partial charge on any atom is -0.465 e. The number of rotatable bonds is 5. The van der Waals surface area contributed by atoms with Crippen molar-refractivity contribution in [2.45, 2.75) is 11.8 Å². The van der Waals surface area contributed by atoms with Crippen LogP contribution >= 0.6 is 15.9 Å². The topological polar surface area (TPSA) is 89.7 Å². The largest absolute Gasteiger partial charge is 0.465 e. The third kappa shape index (κ3) is 3.68. The van der Waals surface area contributed by atoms with Crippen molar-refractivity contribution in [1.82, 2.24) is 4.31 Å². The first-order valence-corrected chi connectivity index (χ1v) is 7.80. The average molecular weight is 369 g/mol. The number of halogens is 2. The lowest BCUT2D eigenvalue weighted by Gasteiger charge is -2.17.